The molecule has 0 aromatic heterocycles. The highest BCUT2D eigenvalue weighted by atomic mass is 16.3. The molecule has 2 heterocycles. The van der Waals surface area contributed by atoms with Crippen molar-refractivity contribution in [3.05, 3.63) is 53.1 Å². The molecule has 1 saturated carbocycles. The molecule has 1 saturated heterocycles. The van der Waals surface area contributed by atoms with E-state index in [1.807, 2.05) is 18.2 Å². The van der Waals surface area contributed by atoms with Crippen molar-refractivity contribution in [2.45, 2.75) is 70.0 Å². The van der Waals surface area contributed by atoms with Gasteiger partial charge in [-0.2, -0.15) is 0 Å². The molecule has 33 heavy (non-hydrogen) atoms. The third kappa shape index (κ3) is 5.44. The van der Waals surface area contributed by atoms with E-state index in [1.165, 1.54) is 44.1 Å². The second-order valence-corrected chi connectivity index (χ2v) is 9.87. The van der Waals surface area contributed by atoms with Crippen LogP contribution in [-0.2, 0) is 13.0 Å². The Kier molecular flexibility index (Phi) is 6.72. The number of nitrogens with zero attached hydrogens (tertiary/aromatic N) is 1. The van der Waals surface area contributed by atoms with E-state index in [4.69, 9.17) is 0 Å². The summed E-state index contributed by atoms with van der Waals surface area (Å²) in [4.78, 5) is 15.5. The number of anilines is 2. The predicted molar refractivity (Wildman–Crippen MR) is 133 cm³/mol. The van der Waals surface area contributed by atoms with Crippen LogP contribution in [0, 0.1) is 0 Å². The minimum atomic E-state index is 0.00616. The first-order valence-corrected chi connectivity index (χ1v) is 12.6. The lowest BCUT2D eigenvalue weighted by Crippen LogP contribution is -2.38. The molecule has 3 aliphatic rings. The van der Waals surface area contributed by atoms with Crippen LogP contribution in [0.1, 0.15) is 66.4 Å². The van der Waals surface area contributed by atoms with Gasteiger partial charge >= 0.3 is 0 Å². The first-order valence-electron chi connectivity index (χ1n) is 12.6. The Morgan fingerprint density at radius 3 is 2.67 bits per heavy atom. The molecule has 6 nitrogen and oxygen atoms in total. The molecule has 0 radical (unpaired) electrons. The van der Waals surface area contributed by atoms with Crippen molar-refractivity contribution >= 4 is 17.3 Å². The Bertz CT molecular complexity index is 982. The topological polar surface area (TPSA) is 76.6 Å². The number of carbonyl (C=O) groups excluding carboxylic acids is 1. The lowest BCUT2D eigenvalue weighted by Gasteiger charge is -2.31. The number of aromatic hydroxyl groups is 1. The first-order chi connectivity index (χ1) is 16.1. The van der Waals surface area contributed by atoms with Crippen LogP contribution in [0.3, 0.4) is 0 Å². The Morgan fingerprint density at radius 1 is 1.03 bits per heavy atom. The van der Waals surface area contributed by atoms with E-state index in [0.29, 0.717) is 24.4 Å². The number of carbonyl (C=O) groups is 1. The van der Waals surface area contributed by atoms with Gasteiger partial charge < -0.3 is 26.0 Å². The monoisotopic (exact) mass is 448 g/mol. The highest BCUT2D eigenvalue weighted by Crippen LogP contribution is 2.29. The number of nitrogens with one attached hydrogen (secondary N) is 3. The highest BCUT2D eigenvalue weighted by Gasteiger charge is 2.21. The number of benzene rings is 2. The zero-order valence-corrected chi connectivity index (χ0v) is 19.4. The maximum Gasteiger partial charge on any atom is 0.251 e. The third-order valence-electron chi connectivity index (χ3n) is 7.39. The smallest absolute Gasteiger partial charge is 0.251 e. The van der Waals surface area contributed by atoms with Gasteiger partial charge in [0.25, 0.3) is 5.91 Å². The minimum absolute atomic E-state index is 0.00616. The number of phenols is 1. The summed E-state index contributed by atoms with van der Waals surface area (Å²) in [6, 6.07) is 12.8. The van der Waals surface area contributed by atoms with E-state index in [-0.39, 0.29) is 5.91 Å². The van der Waals surface area contributed by atoms with Gasteiger partial charge in [-0.1, -0.05) is 6.07 Å². The Hall–Kier alpha value is -2.73. The number of phenolic OH excluding ortho intramolecular Hbond substituents is 1. The summed E-state index contributed by atoms with van der Waals surface area (Å²) in [6.45, 7) is 3.54. The maximum absolute atomic E-state index is 13.1. The zero-order chi connectivity index (χ0) is 22.6. The molecule has 0 spiro atoms. The fourth-order valence-corrected chi connectivity index (χ4v) is 5.18. The number of rotatable bonds is 7. The molecule has 0 bridgehead atoms. The van der Waals surface area contributed by atoms with Crippen molar-refractivity contribution in [3.8, 4) is 5.75 Å². The van der Waals surface area contributed by atoms with E-state index in [0.717, 1.165) is 55.0 Å². The quantitative estimate of drug-likeness (QED) is 0.511. The fraction of sp³-hybridized carbons (Fsp3) is 0.519. The molecule has 2 aromatic rings. The predicted octanol–water partition coefficient (Wildman–Crippen LogP) is 4.18. The largest absolute Gasteiger partial charge is 0.508 e. The van der Waals surface area contributed by atoms with E-state index in [1.54, 1.807) is 6.07 Å². The van der Waals surface area contributed by atoms with Crippen LogP contribution in [0.5, 0.6) is 5.75 Å². The molecular formula is C27H36N4O2. The highest BCUT2D eigenvalue weighted by molar-refractivity contribution is 5.96. The van der Waals surface area contributed by atoms with Crippen LogP contribution < -0.4 is 20.9 Å². The van der Waals surface area contributed by atoms with Crippen molar-refractivity contribution in [2.24, 2.45) is 0 Å². The average molecular weight is 449 g/mol. The third-order valence-corrected chi connectivity index (χ3v) is 7.39. The molecule has 2 aromatic carbocycles. The molecular weight excluding hydrogens is 412 g/mol. The summed E-state index contributed by atoms with van der Waals surface area (Å²) >= 11 is 0. The van der Waals surface area contributed by atoms with E-state index in [9.17, 15) is 9.90 Å². The van der Waals surface area contributed by atoms with Crippen LogP contribution in [0.2, 0.25) is 0 Å². The van der Waals surface area contributed by atoms with Gasteiger partial charge in [0.1, 0.15) is 5.75 Å². The summed E-state index contributed by atoms with van der Waals surface area (Å²) in [6.07, 6.45) is 9.26. The lowest BCUT2D eigenvalue weighted by atomic mass is 9.93. The van der Waals surface area contributed by atoms with Crippen molar-refractivity contribution < 1.29 is 9.90 Å². The number of amides is 1. The van der Waals surface area contributed by atoms with Crippen molar-refractivity contribution in [1.82, 2.24) is 10.6 Å². The summed E-state index contributed by atoms with van der Waals surface area (Å²) in [5.41, 5.74) is 5.43. The van der Waals surface area contributed by atoms with E-state index in [2.05, 4.69) is 33.0 Å². The Balaban J connectivity index is 1.21. The first kappa shape index (κ1) is 22.1. The molecule has 1 atom stereocenters. The van der Waals surface area contributed by atoms with Crippen molar-refractivity contribution in [1.29, 1.82) is 0 Å². The van der Waals surface area contributed by atoms with Gasteiger partial charge in [-0.25, -0.2) is 0 Å². The minimum Gasteiger partial charge on any atom is -0.508 e. The number of fused-ring (bicyclic) bond motifs is 1. The van der Waals surface area contributed by atoms with Gasteiger partial charge in [-0.3, -0.25) is 4.79 Å². The standard InChI is InChI=1S/C27H36N4O2/c32-26-8-7-19-13-23(29-18-21(19)16-26)9-10-28-27(33)20-14-24(30-22-5-4-6-22)17-25(15-20)31-11-2-1-3-12-31/h7-8,14-17,22-23,29-30,32H,1-6,9-13,18H2,(H,28,33). The molecule has 4 N–H and O–H groups in total. The Morgan fingerprint density at radius 2 is 1.88 bits per heavy atom. The average Bonchev–Trinajstić information content (AvgIpc) is 2.82. The number of hydrogen-bond acceptors (Lipinski definition) is 5. The van der Waals surface area contributed by atoms with Crippen molar-refractivity contribution in [2.75, 3.05) is 29.9 Å². The molecule has 2 fully saturated rings. The van der Waals surface area contributed by atoms with Gasteiger partial charge in [-0.15, -0.1) is 0 Å². The van der Waals surface area contributed by atoms with Crippen LogP contribution in [0.25, 0.3) is 0 Å². The van der Waals surface area contributed by atoms with Gasteiger partial charge in [-0.05, 0) is 92.8 Å². The number of piperidine rings is 1. The van der Waals surface area contributed by atoms with Crippen LogP contribution in [0.15, 0.2) is 36.4 Å². The van der Waals surface area contributed by atoms with Crippen molar-refractivity contribution in [3.63, 3.8) is 0 Å². The fourth-order valence-electron chi connectivity index (χ4n) is 5.18. The lowest BCUT2D eigenvalue weighted by molar-refractivity contribution is 0.0952. The maximum atomic E-state index is 13.1. The van der Waals surface area contributed by atoms with Crippen LogP contribution >= 0.6 is 0 Å². The zero-order valence-electron chi connectivity index (χ0n) is 19.4. The Labute approximate surface area is 196 Å². The summed E-state index contributed by atoms with van der Waals surface area (Å²) in [5, 5.41) is 20.0. The van der Waals surface area contributed by atoms with Gasteiger partial charge in [0.05, 0.1) is 0 Å². The molecule has 1 amide bonds. The van der Waals surface area contributed by atoms with E-state index < -0.39 is 0 Å². The van der Waals surface area contributed by atoms with Crippen LogP contribution in [-0.4, -0.2) is 42.7 Å². The summed E-state index contributed by atoms with van der Waals surface area (Å²) in [5.74, 6) is 0.325. The van der Waals surface area contributed by atoms with Gasteiger partial charge in [0.15, 0.2) is 0 Å². The molecule has 176 valence electrons. The second-order valence-electron chi connectivity index (χ2n) is 9.87. The van der Waals surface area contributed by atoms with Gasteiger partial charge in [0, 0.05) is 55.2 Å². The normalized spacial score (nSPS) is 20.6. The SMILES string of the molecule is O=C(NCCC1Cc2ccc(O)cc2CN1)c1cc(NC2CCC2)cc(N2CCCCC2)c1. The molecule has 5 rings (SSSR count). The summed E-state index contributed by atoms with van der Waals surface area (Å²) in [7, 11) is 0. The van der Waals surface area contributed by atoms with Gasteiger partial charge in [0.2, 0.25) is 0 Å². The molecule has 1 aliphatic carbocycles. The van der Waals surface area contributed by atoms with Crippen LogP contribution in [0.4, 0.5) is 11.4 Å². The summed E-state index contributed by atoms with van der Waals surface area (Å²) < 4.78 is 0. The number of hydrogen-bond donors (Lipinski definition) is 4. The molecule has 6 heteroatoms. The molecule has 2 aliphatic heterocycles. The van der Waals surface area contributed by atoms with E-state index >= 15 is 0 Å². The second kappa shape index (κ2) is 10.0. The molecule has 1 unspecified atom stereocenters.